The summed E-state index contributed by atoms with van der Waals surface area (Å²) < 4.78 is 31.3. The summed E-state index contributed by atoms with van der Waals surface area (Å²) in [6.45, 7) is 0.157. The fraction of sp³-hybridized carbons (Fsp3) is 0.467. The number of primary amides is 1. The van der Waals surface area contributed by atoms with Crippen LogP contribution in [0.3, 0.4) is 0 Å². The Morgan fingerprint density at radius 1 is 1.32 bits per heavy atom. The second kappa shape index (κ2) is 7.20. The molecule has 0 radical (unpaired) electrons. The Morgan fingerprint density at radius 2 is 2.09 bits per heavy atom. The highest BCUT2D eigenvalue weighted by Gasteiger charge is 2.28. The highest BCUT2D eigenvalue weighted by atomic mass is 19.1. The fourth-order valence-corrected chi connectivity index (χ4v) is 2.59. The van der Waals surface area contributed by atoms with E-state index in [0.717, 1.165) is 25.0 Å². The third-order valence-electron chi connectivity index (χ3n) is 3.63. The number of nitrogens with two attached hydrogens (primary N) is 1. The van der Waals surface area contributed by atoms with E-state index < -0.39 is 17.5 Å². The number of carbonyl (C=O) groups is 2. The molecule has 22 heavy (non-hydrogen) atoms. The molecular formula is C15H18F2N2O3. The summed E-state index contributed by atoms with van der Waals surface area (Å²) in [6, 6.07) is 2.64. The Bertz CT molecular complexity index is 566. The van der Waals surface area contributed by atoms with E-state index in [1.165, 1.54) is 0 Å². The molecule has 1 aromatic rings. The van der Waals surface area contributed by atoms with E-state index in [-0.39, 0.29) is 30.7 Å². The molecule has 0 bridgehead atoms. The number of ether oxygens (including phenoxy) is 1. The van der Waals surface area contributed by atoms with Crippen LogP contribution < -0.4 is 10.5 Å². The van der Waals surface area contributed by atoms with Crippen LogP contribution >= 0.6 is 0 Å². The van der Waals surface area contributed by atoms with Gasteiger partial charge in [-0.25, -0.2) is 8.78 Å². The maximum Gasteiger partial charge on any atom is 0.260 e. The second-order valence-electron chi connectivity index (χ2n) is 5.27. The van der Waals surface area contributed by atoms with Gasteiger partial charge in [-0.3, -0.25) is 9.59 Å². The number of rotatable bonds is 5. The van der Waals surface area contributed by atoms with Gasteiger partial charge in [0.2, 0.25) is 5.91 Å². The molecule has 120 valence electrons. The summed E-state index contributed by atoms with van der Waals surface area (Å²) >= 11 is 0. The molecule has 2 rings (SSSR count). The molecule has 1 aliphatic rings. The van der Waals surface area contributed by atoms with Gasteiger partial charge in [-0.1, -0.05) is 0 Å². The van der Waals surface area contributed by atoms with Crippen molar-refractivity contribution < 1.29 is 23.1 Å². The van der Waals surface area contributed by atoms with Gasteiger partial charge in [0.15, 0.2) is 18.2 Å². The van der Waals surface area contributed by atoms with Crippen LogP contribution in [0.15, 0.2) is 18.2 Å². The lowest BCUT2D eigenvalue weighted by molar-refractivity contribution is -0.138. The monoisotopic (exact) mass is 312 g/mol. The average Bonchev–Trinajstić information content (AvgIpc) is 2.46. The van der Waals surface area contributed by atoms with E-state index in [1.807, 2.05) is 0 Å². The Morgan fingerprint density at radius 3 is 2.77 bits per heavy atom. The van der Waals surface area contributed by atoms with Crippen LogP contribution in [-0.4, -0.2) is 35.9 Å². The normalized spacial score (nSPS) is 18.1. The van der Waals surface area contributed by atoms with Crippen molar-refractivity contribution in [3.8, 4) is 5.75 Å². The van der Waals surface area contributed by atoms with Gasteiger partial charge >= 0.3 is 0 Å². The minimum absolute atomic E-state index is 0.108. The molecule has 1 atom stereocenters. The average molecular weight is 312 g/mol. The van der Waals surface area contributed by atoms with Crippen molar-refractivity contribution in [2.45, 2.75) is 31.7 Å². The summed E-state index contributed by atoms with van der Waals surface area (Å²) in [5.41, 5.74) is 5.19. The third-order valence-corrected chi connectivity index (χ3v) is 3.63. The molecule has 1 saturated heterocycles. The Labute approximate surface area is 127 Å². The van der Waals surface area contributed by atoms with E-state index in [1.54, 1.807) is 4.90 Å². The largest absolute Gasteiger partial charge is 0.481 e. The summed E-state index contributed by atoms with van der Waals surface area (Å²) in [5.74, 6) is -2.56. The maximum absolute atomic E-state index is 13.4. The van der Waals surface area contributed by atoms with Crippen molar-refractivity contribution in [2.24, 2.45) is 5.73 Å². The first-order valence-electron chi connectivity index (χ1n) is 7.13. The van der Waals surface area contributed by atoms with Crippen molar-refractivity contribution >= 4 is 11.8 Å². The molecule has 0 aromatic heterocycles. The minimum Gasteiger partial charge on any atom is -0.481 e. The molecule has 0 spiro atoms. The summed E-state index contributed by atoms with van der Waals surface area (Å²) in [4.78, 5) is 24.8. The van der Waals surface area contributed by atoms with Gasteiger partial charge < -0.3 is 15.4 Å². The standard InChI is InChI=1S/C15H18F2N2O3/c16-10-4-5-13(12(17)7-10)22-9-15(21)19-6-2-1-3-11(19)8-14(18)20/h4-5,7,11H,1-3,6,8-9H2,(H2,18,20)/t11-/m0/s1. The van der Waals surface area contributed by atoms with Crippen molar-refractivity contribution in [3.63, 3.8) is 0 Å². The number of piperidine rings is 1. The Kier molecular flexibility index (Phi) is 5.30. The van der Waals surface area contributed by atoms with Crippen molar-refractivity contribution in [1.29, 1.82) is 0 Å². The number of hydrogen-bond donors (Lipinski definition) is 1. The number of halogens is 2. The lowest BCUT2D eigenvalue weighted by atomic mass is 9.99. The first kappa shape index (κ1) is 16.2. The van der Waals surface area contributed by atoms with E-state index in [2.05, 4.69) is 0 Å². The first-order chi connectivity index (χ1) is 10.5. The number of nitrogens with zero attached hydrogens (tertiary/aromatic N) is 1. The van der Waals surface area contributed by atoms with E-state index >= 15 is 0 Å². The molecule has 2 N–H and O–H groups in total. The number of carbonyl (C=O) groups excluding carboxylic acids is 2. The lowest BCUT2D eigenvalue weighted by Gasteiger charge is -2.35. The molecule has 0 unspecified atom stereocenters. The molecule has 1 aliphatic heterocycles. The Hall–Kier alpha value is -2.18. The first-order valence-corrected chi connectivity index (χ1v) is 7.13. The fourth-order valence-electron chi connectivity index (χ4n) is 2.59. The van der Waals surface area contributed by atoms with Gasteiger partial charge in [-0.2, -0.15) is 0 Å². The topological polar surface area (TPSA) is 72.6 Å². The highest BCUT2D eigenvalue weighted by Crippen LogP contribution is 2.21. The molecule has 1 aromatic carbocycles. The van der Waals surface area contributed by atoms with Crippen LogP contribution in [0.5, 0.6) is 5.75 Å². The minimum atomic E-state index is -0.861. The van der Waals surface area contributed by atoms with Crippen LogP contribution in [0, 0.1) is 11.6 Å². The maximum atomic E-state index is 13.4. The molecule has 7 heteroatoms. The zero-order chi connectivity index (χ0) is 16.1. The molecule has 2 amide bonds. The predicted octanol–water partition coefficient (Wildman–Crippen LogP) is 1.60. The van der Waals surface area contributed by atoms with E-state index in [9.17, 15) is 18.4 Å². The summed E-state index contributed by atoms with van der Waals surface area (Å²) in [7, 11) is 0. The number of amides is 2. The zero-order valence-corrected chi connectivity index (χ0v) is 12.1. The van der Waals surface area contributed by atoms with Gasteiger partial charge in [-0.05, 0) is 31.4 Å². The molecular weight excluding hydrogens is 294 g/mol. The van der Waals surface area contributed by atoms with Crippen molar-refractivity contribution in [1.82, 2.24) is 4.90 Å². The quantitative estimate of drug-likeness (QED) is 0.897. The SMILES string of the molecule is NC(=O)C[C@@H]1CCCCN1C(=O)COc1ccc(F)cc1F. The number of hydrogen-bond acceptors (Lipinski definition) is 3. The molecule has 1 heterocycles. The van der Waals surface area contributed by atoms with E-state index in [0.29, 0.717) is 19.0 Å². The lowest BCUT2D eigenvalue weighted by Crippen LogP contribution is -2.47. The van der Waals surface area contributed by atoms with Crippen LogP contribution in [-0.2, 0) is 9.59 Å². The highest BCUT2D eigenvalue weighted by molar-refractivity contribution is 5.80. The van der Waals surface area contributed by atoms with Crippen LogP contribution in [0.4, 0.5) is 8.78 Å². The van der Waals surface area contributed by atoms with Gasteiger partial charge in [0.1, 0.15) is 5.82 Å². The van der Waals surface area contributed by atoms with Gasteiger partial charge in [0.25, 0.3) is 5.91 Å². The molecule has 0 aliphatic carbocycles. The van der Waals surface area contributed by atoms with Gasteiger partial charge in [0, 0.05) is 25.1 Å². The van der Waals surface area contributed by atoms with Gasteiger partial charge in [0.05, 0.1) is 0 Å². The summed E-state index contributed by atoms with van der Waals surface area (Å²) in [5, 5.41) is 0. The Balaban J connectivity index is 1.96. The molecule has 0 saturated carbocycles. The number of likely N-dealkylation sites (tertiary alicyclic amines) is 1. The van der Waals surface area contributed by atoms with E-state index in [4.69, 9.17) is 10.5 Å². The summed E-state index contributed by atoms with van der Waals surface area (Å²) in [6.07, 6.45) is 2.58. The third kappa shape index (κ3) is 4.16. The zero-order valence-electron chi connectivity index (χ0n) is 12.1. The van der Waals surface area contributed by atoms with Gasteiger partial charge in [-0.15, -0.1) is 0 Å². The van der Waals surface area contributed by atoms with Crippen LogP contribution in [0.25, 0.3) is 0 Å². The van der Waals surface area contributed by atoms with Crippen molar-refractivity contribution in [3.05, 3.63) is 29.8 Å². The molecule has 5 nitrogen and oxygen atoms in total. The smallest absolute Gasteiger partial charge is 0.260 e. The van der Waals surface area contributed by atoms with Crippen LogP contribution in [0.2, 0.25) is 0 Å². The van der Waals surface area contributed by atoms with Crippen LogP contribution in [0.1, 0.15) is 25.7 Å². The van der Waals surface area contributed by atoms with Crippen molar-refractivity contribution in [2.75, 3.05) is 13.2 Å². The molecule has 1 fully saturated rings. The number of benzene rings is 1. The predicted molar refractivity (Wildman–Crippen MR) is 75.0 cm³/mol. The second-order valence-corrected chi connectivity index (χ2v) is 5.27.